The molecule has 1 aliphatic carbocycles. The van der Waals surface area contributed by atoms with Gasteiger partial charge in [-0.25, -0.2) is 0 Å². The van der Waals surface area contributed by atoms with Crippen molar-refractivity contribution >= 4 is 18.9 Å². The summed E-state index contributed by atoms with van der Waals surface area (Å²) in [6.45, 7) is 8.18. The van der Waals surface area contributed by atoms with Crippen LogP contribution in [0.2, 0.25) is 0 Å². The normalized spacial score (nSPS) is 25.5. The van der Waals surface area contributed by atoms with Crippen LogP contribution in [0.25, 0.3) is 0 Å². The van der Waals surface area contributed by atoms with Gasteiger partial charge in [0.15, 0.2) is 0 Å². The van der Waals surface area contributed by atoms with Crippen LogP contribution in [-0.4, -0.2) is 24.6 Å². The number of hydrogen-bond donors (Lipinski definition) is 0. The summed E-state index contributed by atoms with van der Waals surface area (Å²) in [5.74, 6) is 0. The van der Waals surface area contributed by atoms with Gasteiger partial charge in [0.25, 0.3) is 0 Å². The molecule has 0 amide bonds. The standard InChI is InChI=1S/C16H21BO3/c1-14(2)15(3,4)20-17(19-14)13-8-6-5-7-12(13)16(11-18)9-10-16/h5-8,11H,9-10H2,1-4H3. The van der Waals surface area contributed by atoms with Crippen molar-refractivity contribution < 1.29 is 14.1 Å². The number of benzene rings is 1. The van der Waals surface area contributed by atoms with E-state index >= 15 is 0 Å². The lowest BCUT2D eigenvalue weighted by Crippen LogP contribution is -2.41. The molecule has 1 aromatic rings. The van der Waals surface area contributed by atoms with E-state index < -0.39 is 7.12 Å². The molecule has 1 saturated carbocycles. The van der Waals surface area contributed by atoms with Gasteiger partial charge in [0, 0.05) is 0 Å². The van der Waals surface area contributed by atoms with Gasteiger partial charge in [-0.05, 0) is 51.6 Å². The molecule has 0 unspecified atom stereocenters. The van der Waals surface area contributed by atoms with Crippen LogP contribution in [0, 0.1) is 0 Å². The van der Waals surface area contributed by atoms with E-state index in [0.717, 1.165) is 30.2 Å². The van der Waals surface area contributed by atoms with Gasteiger partial charge in [-0.2, -0.15) is 0 Å². The van der Waals surface area contributed by atoms with E-state index in [1.165, 1.54) is 0 Å². The van der Waals surface area contributed by atoms with Crippen LogP contribution in [0.5, 0.6) is 0 Å². The number of carbonyl (C=O) groups is 1. The summed E-state index contributed by atoms with van der Waals surface area (Å²) in [6.07, 6.45) is 2.93. The van der Waals surface area contributed by atoms with Gasteiger partial charge in [-0.15, -0.1) is 0 Å². The van der Waals surface area contributed by atoms with Crippen LogP contribution in [0.3, 0.4) is 0 Å². The van der Waals surface area contributed by atoms with Gasteiger partial charge in [0.1, 0.15) is 6.29 Å². The maximum absolute atomic E-state index is 11.4. The smallest absolute Gasteiger partial charge is 0.399 e. The first-order chi connectivity index (χ1) is 9.31. The summed E-state index contributed by atoms with van der Waals surface area (Å²) in [6, 6.07) is 8.00. The molecule has 0 aromatic heterocycles. The summed E-state index contributed by atoms with van der Waals surface area (Å²) in [5, 5.41) is 0. The molecule has 0 radical (unpaired) electrons. The summed E-state index contributed by atoms with van der Waals surface area (Å²) in [4.78, 5) is 11.4. The zero-order chi connectivity index (χ0) is 14.6. The number of hydrogen-bond acceptors (Lipinski definition) is 3. The molecule has 1 aromatic carbocycles. The summed E-state index contributed by atoms with van der Waals surface area (Å²) < 4.78 is 12.2. The van der Waals surface area contributed by atoms with Crippen molar-refractivity contribution in [2.75, 3.05) is 0 Å². The average Bonchev–Trinajstić information content (AvgIpc) is 3.14. The highest BCUT2D eigenvalue weighted by atomic mass is 16.7. The molecule has 0 bridgehead atoms. The van der Waals surface area contributed by atoms with Gasteiger partial charge in [-0.3, -0.25) is 0 Å². The number of aldehydes is 1. The van der Waals surface area contributed by atoms with Gasteiger partial charge in [0.2, 0.25) is 0 Å². The van der Waals surface area contributed by atoms with E-state index in [-0.39, 0.29) is 16.6 Å². The second kappa shape index (κ2) is 4.19. The quantitative estimate of drug-likeness (QED) is 0.625. The van der Waals surface area contributed by atoms with Crippen molar-refractivity contribution in [2.24, 2.45) is 0 Å². The molecule has 1 aliphatic heterocycles. The minimum atomic E-state index is -0.395. The lowest BCUT2D eigenvalue weighted by molar-refractivity contribution is -0.109. The third-order valence-corrected chi connectivity index (χ3v) is 5.02. The van der Waals surface area contributed by atoms with E-state index in [1.54, 1.807) is 0 Å². The van der Waals surface area contributed by atoms with Crippen molar-refractivity contribution in [2.45, 2.75) is 57.2 Å². The second-order valence-corrected chi connectivity index (χ2v) is 6.95. The van der Waals surface area contributed by atoms with E-state index in [4.69, 9.17) is 9.31 Å². The Balaban J connectivity index is 1.99. The summed E-state index contributed by atoms with van der Waals surface area (Å²) in [7, 11) is -0.395. The Labute approximate surface area is 120 Å². The highest BCUT2D eigenvalue weighted by molar-refractivity contribution is 6.62. The van der Waals surface area contributed by atoms with E-state index in [1.807, 2.05) is 52.0 Å². The zero-order valence-electron chi connectivity index (χ0n) is 12.6. The van der Waals surface area contributed by atoms with E-state index in [2.05, 4.69) is 0 Å². The van der Waals surface area contributed by atoms with Gasteiger partial charge in [0.05, 0.1) is 16.6 Å². The minimum absolute atomic E-state index is 0.305. The van der Waals surface area contributed by atoms with Gasteiger partial charge >= 0.3 is 7.12 Å². The Morgan fingerprint density at radius 1 is 1.05 bits per heavy atom. The fourth-order valence-corrected chi connectivity index (χ4v) is 2.71. The van der Waals surface area contributed by atoms with Crippen molar-refractivity contribution in [3.63, 3.8) is 0 Å². The van der Waals surface area contributed by atoms with Crippen LogP contribution < -0.4 is 5.46 Å². The Bertz CT molecular complexity index is 530. The van der Waals surface area contributed by atoms with Gasteiger partial charge in [-0.1, -0.05) is 24.3 Å². The third-order valence-electron chi connectivity index (χ3n) is 5.02. The molecule has 0 atom stereocenters. The van der Waals surface area contributed by atoms with Crippen LogP contribution >= 0.6 is 0 Å². The first kappa shape index (κ1) is 13.8. The minimum Gasteiger partial charge on any atom is -0.399 e. The monoisotopic (exact) mass is 272 g/mol. The Morgan fingerprint density at radius 2 is 1.60 bits per heavy atom. The first-order valence-corrected chi connectivity index (χ1v) is 7.23. The van der Waals surface area contributed by atoms with E-state index in [9.17, 15) is 4.79 Å². The zero-order valence-corrected chi connectivity index (χ0v) is 12.6. The van der Waals surface area contributed by atoms with Crippen molar-refractivity contribution in [3.05, 3.63) is 29.8 Å². The molecule has 106 valence electrons. The molecule has 4 heteroatoms. The topological polar surface area (TPSA) is 35.5 Å². The van der Waals surface area contributed by atoms with Crippen molar-refractivity contribution in [1.82, 2.24) is 0 Å². The maximum atomic E-state index is 11.4. The fourth-order valence-electron chi connectivity index (χ4n) is 2.71. The maximum Gasteiger partial charge on any atom is 0.495 e. The summed E-state index contributed by atoms with van der Waals surface area (Å²) in [5.41, 5.74) is 1.04. The molecule has 3 rings (SSSR count). The molecule has 2 fully saturated rings. The lowest BCUT2D eigenvalue weighted by atomic mass is 9.72. The number of rotatable bonds is 3. The second-order valence-electron chi connectivity index (χ2n) is 6.95. The molecule has 3 nitrogen and oxygen atoms in total. The Kier molecular flexibility index (Phi) is 2.90. The Morgan fingerprint density at radius 3 is 2.10 bits per heavy atom. The van der Waals surface area contributed by atoms with Crippen LogP contribution in [0.1, 0.15) is 46.1 Å². The molecule has 0 spiro atoms. The molecule has 2 aliphatic rings. The van der Waals surface area contributed by atoms with Gasteiger partial charge < -0.3 is 14.1 Å². The fraction of sp³-hybridized carbons (Fsp3) is 0.562. The van der Waals surface area contributed by atoms with Crippen LogP contribution in [-0.2, 0) is 19.5 Å². The average molecular weight is 272 g/mol. The summed E-state index contributed by atoms with van der Waals surface area (Å²) >= 11 is 0. The largest absolute Gasteiger partial charge is 0.495 e. The third kappa shape index (κ3) is 1.94. The van der Waals surface area contributed by atoms with Crippen molar-refractivity contribution in [1.29, 1.82) is 0 Å². The molecular formula is C16H21BO3. The lowest BCUT2D eigenvalue weighted by Gasteiger charge is -2.32. The van der Waals surface area contributed by atoms with Crippen LogP contribution in [0.4, 0.5) is 0 Å². The molecule has 20 heavy (non-hydrogen) atoms. The van der Waals surface area contributed by atoms with Crippen molar-refractivity contribution in [3.8, 4) is 0 Å². The Hall–Kier alpha value is -1.13. The SMILES string of the molecule is CC1(C)OB(c2ccccc2C2(C=O)CC2)OC1(C)C. The molecule has 1 heterocycles. The first-order valence-electron chi connectivity index (χ1n) is 7.23. The van der Waals surface area contributed by atoms with Crippen LogP contribution in [0.15, 0.2) is 24.3 Å². The molecular weight excluding hydrogens is 251 g/mol. The predicted molar refractivity (Wildman–Crippen MR) is 79.1 cm³/mol. The predicted octanol–water partition coefficient (Wildman–Crippen LogP) is 2.22. The number of carbonyl (C=O) groups excluding carboxylic acids is 1. The molecule has 0 N–H and O–H groups in total. The highest BCUT2D eigenvalue weighted by Crippen LogP contribution is 2.46. The highest BCUT2D eigenvalue weighted by Gasteiger charge is 2.54. The van der Waals surface area contributed by atoms with E-state index in [0.29, 0.717) is 0 Å². The molecule has 1 saturated heterocycles.